The van der Waals surface area contributed by atoms with Crippen molar-refractivity contribution in [1.82, 2.24) is 0 Å². The molecule has 0 N–H and O–H groups in total. The van der Waals surface area contributed by atoms with Gasteiger partial charge in [0.05, 0.1) is 11.6 Å². The number of hydrogen-bond acceptors (Lipinski definition) is 2. The zero-order chi connectivity index (χ0) is 13.0. The Morgan fingerprint density at radius 2 is 1.89 bits per heavy atom. The Morgan fingerprint density at radius 1 is 1.17 bits per heavy atom. The first-order chi connectivity index (χ1) is 8.69. The summed E-state index contributed by atoms with van der Waals surface area (Å²) in [6.07, 6.45) is 0. The van der Waals surface area contributed by atoms with Gasteiger partial charge < -0.3 is 0 Å². The maximum Gasteiger partial charge on any atom is 0.0992 e. The van der Waals surface area contributed by atoms with Crippen LogP contribution in [-0.4, -0.2) is 0 Å². The molecule has 1 nitrogen and oxygen atoms in total. The normalized spacial score (nSPS) is 10.1. The van der Waals surface area contributed by atoms with E-state index in [0.717, 1.165) is 15.8 Å². The lowest BCUT2D eigenvalue weighted by molar-refractivity contribution is 1.36. The summed E-state index contributed by atoms with van der Waals surface area (Å²) in [4.78, 5) is 1.19. The number of rotatable bonds is 3. The molecule has 2 rings (SSSR count). The molecule has 2 aromatic carbocycles. The van der Waals surface area contributed by atoms with Crippen molar-refractivity contribution in [1.29, 1.82) is 5.26 Å². The molecule has 0 aliphatic heterocycles. The van der Waals surface area contributed by atoms with Crippen LogP contribution in [0, 0.1) is 11.3 Å². The molecule has 2 aromatic rings. The highest BCUT2D eigenvalue weighted by molar-refractivity contribution is 9.10. The van der Waals surface area contributed by atoms with Gasteiger partial charge in [0.25, 0.3) is 0 Å². The summed E-state index contributed by atoms with van der Waals surface area (Å²) in [5, 5.41) is 9.42. The van der Waals surface area contributed by atoms with Crippen LogP contribution in [0.5, 0.6) is 0 Å². The minimum absolute atomic E-state index is 0.595. The topological polar surface area (TPSA) is 23.8 Å². The predicted octanol–water partition coefficient (Wildman–Crippen LogP) is 5.27. The van der Waals surface area contributed by atoms with Gasteiger partial charge in [-0.1, -0.05) is 33.6 Å². The molecule has 0 aromatic heterocycles. The molecular formula is C14H9BrClNS. The molecule has 0 amide bonds. The molecule has 0 spiro atoms. The Kier molecular flexibility index (Phi) is 4.71. The molecule has 0 atom stereocenters. The average Bonchev–Trinajstić information content (AvgIpc) is 2.39. The van der Waals surface area contributed by atoms with E-state index < -0.39 is 0 Å². The van der Waals surface area contributed by atoms with E-state index in [1.165, 1.54) is 4.90 Å². The summed E-state index contributed by atoms with van der Waals surface area (Å²) in [6, 6.07) is 15.6. The van der Waals surface area contributed by atoms with Crippen LogP contribution in [-0.2, 0) is 5.75 Å². The smallest absolute Gasteiger partial charge is 0.0992 e. The van der Waals surface area contributed by atoms with Gasteiger partial charge >= 0.3 is 0 Å². The molecule has 18 heavy (non-hydrogen) atoms. The first-order valence-corrected chi connectivity index (χ1v) is 7.41. The summed E-state index contributed by atoms with van der Waals surface area (Å²) >= 11 is 11.3. The van der Waals surface area contributed by atoms with E-state index in [-0.39, 0.29) is 0 Å². The number of halogens is 2. The van der Waals surface area contributed by atoms with Crippen LogP contribution in [0.4, 0.5) is 0 Å². The van der Waals surface area contributed by atoms with Gasteiger partial charge in [0, 0.05) is 20.1 Å². The third-order valence-electron chi connectivity index (χ3n) is 2.39. The van der Waals surface area contributed by atoms with Gasteiger partial charge in [-0.15, -0.1) is 11.8 Å². The van der Waals surface area contributed by atoms with E-state index in [9.17, 15) is 0 Å². The van der Waals surface area contributed by atoms with Crippen LogP contribution in [0.1, 0.15) is 11.1 Å². The lowest BCUT2D eigenvalue weighted by Gasteiger charge is -2.05. The van der Waals surface area contributed by atoms with E-state index in [1.807, 2.05) is 18.2 Å². The monoisotopic (exact) mass is 337 g/mol. The van der Waals surface area contributed by atoms with Crippen LogP contribution >= 0.6 is 39.3 Å². The predicted molar refractivity (Wildman–Crippen MR) is 79.9 cm³/mol. The second-order valence-corrected chi connectivity index (χ2v) is 6.03. The third kappa shape index (κ3) is 3.52. The van der Waals surface area contributed by atoms with Crippen LogP contribution in [0.25, 0.3) is 0 Å². The third-order valence-corrected chi connectivity index (χ3v) is 4.33. The SMILES string of the molecule is N#Cc1ccc(CSc2ccc(Br)cc2)c(Cl)c1. The lowest BCUT2D eigenvalue weighted by Crippen LogP contribution is -1.84. The van der Waals surface area contributed by atoms with Gasteiger partial charge in [0.15, 0.2) is 0 Å². The van der Waals surface area contributed by atoms with E-state index in [1.54, 1.807) is 23.9 Å². The van der Waals surface area contributed by atoms with E-state index in [2.05, 4.69) is 34.1 Å². The zero-order valence-corrected chi connectivity index (χ0v) is 12.5. The van der Waals surface area contributed by atoms with Gasteiger partial charge in [-0.05, 0) is 42.0 Å². The Bertz CT molecular complexity index is 590. The van der Waals surface area contributed by atoms with Crippen molar-refractivity contribution in [3.05, 3.63) is 63.1 Å². The van der Waals surface area contributed by atoms with E-state index in [0.29, 0.717) is 10.6 Å². The number of nitrogens with zero attached hydrogens (tertiary/aromatic N) is 1. The first kappa shape index (κ1) is 13.5. The molecule has 90 valence electrons. The van der Waals surface area contributed by atoms with Gasteiger partial charge in [-0.25, -0.2) is 0 Å². The second-order valence-electron chi connectivity index (χ2n) is 3.66. The molecule has 0 bridgehead atoms. The average molecular weight is 339 g/mol. The molecule has 0 heterocycles. The zero-order valence-electron chi connectivity index (χ0n) is 9.36. The fourth-order valence-electron chi connectivity index (χ4n) is 1.43. The fraction of sp³-hybridized carbons (Fsp3) is 0.0714. The van der Waals surface area contributed by atoms with E-state index in [4.69, 9.17) is 16.9 Å². The van der Waals surface area contributed by atoms with Crippen LogP contribution < -0.4 is 0 Å². The lowest BCUT2D eigenvalue weighted by atomic mass is 10.2. The Balaban J connectivity index is 2.06. The van der Waals surface area contributed by atoms with Crippen molar-refractivity contribution >= 4 is 39.3 Å². The van der Waals surface area contributed by atoms with Crippen molar-refractivity contribution in [2.45, 2.75) is 10.6 Å². The summed E-state index contributed by atoms with van der Waals surface area (Å²) in [6.45, 7) is 0. The molecule has 0 aliphatic rings. The summed E-state index contributed by atoms with van der Waals surface area (Å²) in [5.74, 6) is 0.798. The number of benzene rings is 2. The molecule has 0 aliphatic carbocycles. The van der Waals surface area contributed by atoms with Crippen molar-refractivity contribution in [3.8, 4) is 6.07 Å². The fourth-order valence-corrected chi connectivity index (χ4v) is 2.92. The quantitative estimate of drug-likeness (QED) is 0.712. The summed E-state index contributed by atoms with van der Waals surface area (Å²) in [5.41, 5.74) is 1.64. The van der Waals surface area contributed by atoms with Crippen molar-refractivity contribution in [3.63, 3.8) is 0 Å². The van der Waals surface area contributed by atoms with Gasteiger partial charge in [-0.2, -0.15) is 5.26 Å². The van der Waals surface area contributed by atoms with Crippen molar-refractivity contribution in [2.75, 3.05) is 0 Å². The minimum atomic E-state index is 0.595. The van der Waals surface area contributed by atoms with Crippen molar-refractivity contribution in [2.24, 2.45) is 0 Å². The number of thioether (sulfide) groups is 1. The maximum atomic E-state index is 8.77. The number of hydrogen-bond donors (Lipinski definition) is 0. The Labute approximate surface area is 124 Å². The number of nitriles is 1. The van der Waals surface area contributed by atoms with Gasteiger partial charge in [0.2, 0.25) is 0 Å². The van der Waals surface area contributed by atoms with Crippen molar-refractivity contribution < 1.29 is 0 Å². The first-order valence-electron chi connectivity index (χ1n) is 5.26. The standard InChI is InChI=1S/C14H9BrClNS/c15-12-3-5-13(6-4-12)18-9-11-2-1-10(8-17)7-14(11)16/h1-7H,9H2. The van der Waals surface area contributed by atoms with Gasteiger partial charge in [-0.3, -0.25) is 0 Å². The summed E-state index contributed by atoms with van der Waals surface area (Å²) < 4.78 is 1.07. The van der Waals surface area contributed by atoms with E-state index >= 15 is 0 Å². The highest BCUT2D eigenvalue weighted by Gasteiger charge is 2.03. The molecule has 0 radical (unpaired) electrons. The molecule has 0 unspecified atom stereocenters. The Hall–Kier alpha value is -0.950. The van der Waals surface area contributed by atoms with Crippen LogP contribution in [0.2, 0.25) is 5.02 Å². The van der Waals surface area contributed by atoms with Crippen LogP contribution in [0.15, 0.2) is 51.8 Å². The molecule has 0 fully saturated rings. The summed E-state index contributed by atoms with van der Waals surface area (Å²) in [7, 11) is 0. The Morgan fingerprint density at radius 3 is 2.50 bits per heavy atom. The minimum Gasteiger partial charge on any atom is -0.192 e. The van der Waals surface area contributed by atoms with Crippen LogP contribution in [0.3, 0.4) is 0 Å². The van der Waals surface area contributed by atoms with Gasteiger partial charge in [0.1, 0.15) is 0 Å². The highest BCUT2D eigenvalue weighted by atomic mass is 79.9. The highest BCUT2D eigenvalue weighted by Crippen LogP contribution is 2.28. The second kappa shape index (κ2) is 6.29. The largest absolute Gasteiger partial charge is 0.192 e. The molecule has 0 saturated carbocycles. The maximum absolute atomic E-state index is 8.77. The molecule has 0 saturated heterocycles. The molecular weight excluding hydrogens is 330 g/mol. The molecule has 4 heteroatoms.